The highest BCUT2D eigenvalue weighted by atomic mass is 15.1. The van der Waals surface area contributed by atoms with Crippen LogP contribution in [0.5, 0.6) is 0 Å². The summed E-state index contributed by atoms with van der Waals surface area (Å²) in [4.78, 5) is 13.2. The van der Waals surface area contributed by atoms with Gasteiger partial charge >= 0.3 is 0 Å². The number of fused-ring (bicyclic) bond motifs is 4. The lowest BCUT2D eigenvalue weighted by molar-refractivity contribution is 1.18. The number of nitrogens with zero attached hydrogens (tertiary/aromatic N) is 4. The molecule has 4 nitrogen and oxygen atoms in total. The van der Waals surface area contributed by atoms with E-state index in [0.29, 0.717) is 0 Å². The number of rotatable bonds is 8. The van der Waals surface area contributed by atoms with Crippen LogP contribution < -0.4 is 4.90 Å². The molecule has 0 bridgehead atoms. The number of para-hydroxylation sites is 4. The second-order valence-corrected chi connectivity index (χ2v) is 15.0. The second kappa shape index (κ2) is 15.0. The predicted octanol–water partition coefficient (Wildman–Crippen LogP) is 14.9. The zero-order chi connectivity index (χ0) is 39.8. The van der Waals surface area contributed by atoms with Crippen molar-refractivity contribution < 1.29 is 0 Å². The van der Waals surface area contributed by atoms with E-state index in [1.54, 1.807) is 0 Å². The Morgan fingerprint density at radius 1 is 0.333 bits per heavy atom. The molecule has 4 heteroatoms. The summed E-state index contributed by atoms with van der Waals surface area (Å²) >= 11 is 0. The van der Waals surface area contributed by atoms with Crippen LogP contribution in [0.25, 0.3) is 83.3 Å². The van der Waals surface area contributed by atoms with Gasteiger partial charge in [0, 0.05) is 50.2 Å². The summed E-state index contributed by atoms with van der Waals surface area (Å²) in [7, 11) is 0. The second-order valence-electron chi connectivity index (χ2n) is 15.0. The Bertz CT molecular complexity index is 3290. The average Bonchev–Trinajstić information content (AvgIpc) is 3.66. The maximum absolute atomic E-state index is 5.54. The fourth-order valence-corrected chi connectivity index (χ4v) is 8.63. The molecule has 0 atom stereocenters. The third-order valence-corrected chi connectivity index (χ3v) is 11.4. The van der Waals surface area contributed by atoms with E-state index in [4.69, 9.17) is 9.97 Å². The molecular weight excluding hydrogens is 729 g/mol. The molecule has 11 aromatic rings. The maximum Gasteiger partial charge on any atom is 0.0973 e. The van der Waals surface area contributed by atoms with Crippen molar-refractivity contribution in [3.8, 4) is 50.5 Å². The lowest BCUT2D eigenvalue weighted by atomic mass is 9.93. The van der Waals surface area contributed by atoms with E-state index in [2.05, 4.69) is 234 Å². The number of aromatic nitrogens is 3. The van der Waals surface area contributed by atoms with E-state index in [0.717, 1.165) is 73.0 Å². The van der Waals surface area contributed by atoms with Gasteiger partial charge in [0.2, 0.25) is 0 Å². The molecule has 0 aliphatic rings. The molecule has 0 unspecified atom stereocenters. The Labute approximate surface area is 348 Å². The molecule has 9 aromatic carbocycles. The number of anilines is 3. The van der Waals surface area contributed by atoms with Crippen molar-refractivity contribution >= 4 is 49.9 Å². The van der Waals surface area contributed by atoms with Gasteiger partial charge in [-0.05, 0) is 83.4 Å². The number of hydrogen-bond acceptors (Lipinski definition) is 3. The van der Waals surface area contributed by atoms with Gasteiger partial charge in [0.25, 0.3) is 0 Å². The van der Waals surface area contributed by atoms with Crippen molar-refractivity contribution in [2.24, 2.45) is 0 Å². The van der Waals surface area contributed by atoms with Crippen molar-refractivity contribution in [3.63, 3.8) is 0 Å². The lowest BCUT2D eigenvalue weighted by Gasteiger charge is -2.26. The molecule has 2 aromatic heterocycles. The standard InChI is InChI=1S/C56H38N4/c1-5-18-39(19-6-1)46-26-13-14-27-47(46)49-29-17-30-51-56(49)58-55(54(57-51)40-20-7-2-8-21-40)41-32-34-44(35-33-41)59(42-22-9-3-10-23-42)45-36-37-53-50(38-45)48-28-15-16-31-52(48)60(53)43-24-11-4-12-25-43/h1-38H. The van der Waals surface area contributed by atoms with E-state index in [9.17, 15) is 0 Å². The monoisotopic (exact) mass is 766 g/mol. The van der Waals surface area contributed by atoms with Gasteiger partial charge in [-0.2, -0.15) is 0 Å². The summed E-state index contributed by atoms with van der Waals surface area (Å²) in [6, 6.07) is 81.4. The highest BCUT2D eigenvalue weighted by molar-refractivity contribution is 6.10. The Balaban J connectivity index is 1.06. The van der Waals surface area contributed by atoms with Crippen molar-refractivity contribution in [1.29, 1.82) is 0 Å². The minimum atomic E-state index is 0.839. The van der Waals surface area contributed by atoms with Crippen LogP contribution in [0.2, 0.25) is 0 Å². The first kappa shape index (κ1) is 35.1. The molecule has 0 saturated heterocycles. The molecule has 2 heterocycles. The first-order valence-electron chi connectivity index (χ1n) is 20.3. The normalized spacial score (nSPS) is 11.3. The third kappa shape index (κ3) is 6.19. The SMILES string of the molecule is c1ccc(-c2ccccc2-c2cccc3nc(-c4ccccc4)c(-c4ccc(N(c5ccccc5)c5ccc6c(c5)c5ccccc5n6-c5ccccc5)cc4)nc23)cc1. The van der Waals surface area contributed by atoms with Crippen LogP contribution in [0.3, 0.4) is 0 Å². The van der Waals surface area contributed by atoms with Gasteiger partial charge in [0.1, 0.15) is 0 Å². The van der Waals surface area contributed by atoms with Crippen molar-refractivity contribution in [2.45, 2.75) is 0 Å². The summed E-state index contributed by atoms with van der Waals surface area (Å²) in [5.74, 6) is 0. The van der Waals surface area contributed by atoms with E-state index < -0.39 is 0 Å². The van der Waals surface area contributed by atoms with Crippen LogP contribution in [0.1, 0.15) is 0 Å². The summed E-state index contributed by atoms with van der Waals surface area (Å²) in [5.41, 5.74) is 16.6. The molecule has 0 amide bonds. The summed E-state index contributed by atoms with van der Waals surface area (Å²) in [5, 5.41) is 2.42. The van der Waals surface area contributed by atoms with Crippen molar-refractivity contribution in [3.05, 3.63) is 231 Å². The van der Waals surface area contributed by atoms with Gasteiger partial charge in [-0.1, -0.05) is 164 Å². The van der Waals surface area contributed by atoms with Gasteiger partial charge in [0.05, 0.1) is 33.5 Å². The highest BCUT2D eigenvalue weighted by Gasteiger charge is 2.20. The van der Waals surface area contributed by atoms with Crippen LogP contribution in [0.4, 0.5) is 17.1 Å². The van der Waals surface area contributed by atoms with Gasteiger partial charge in [-0.15, -0.1) is 0 Å². The number of hydrogen-bond donors (Lipinski definition) is 0. The molecule has 0 saturated carbocycles. The Kier molecular flexibility index (Phi) is 8.79. The first-order chi connectivity index (χ1) is 29.8. The maximum atomic E-state index is 5.54. The lowest BCUT2D eigenvalue weighted by Crippen LogP contribution is -2.09. The highest BCUT2D eigenvalue weighted by Crippen LogP contribution is 2.42. The van der Waals surface area contributed by atoms with Gasteiger partial charge < -0.3 is 9.47 Å². The molecule has 0 N–H and O–H groups in total. The molecule has 0 aliphatic heterocycles. The molecule has 282 valence electrons. The fraction of sp³-hybridized carbons (Fsp3) is 0. The predicted molar refractivity (Wildman–Crippen MR) is 250 cm³/mol. The van der Waals surface area contributed by atoms with Crippen molar-refractivity contribution in [1.82, 2.24) is 14.5 Å². The molecular formula is C56H38N4. The van der Waals surface area contributed by atoms with Crippen LogP contribution >= 0.6 is 0 Å². The summed E-state index contributed by atoms with van der Waals surface area (Å²) in [6.45, 7) is 0. The van der Waals surface area contributed by atoms with Crippen LogP contribution in [-0.2, 0) is 0 Å². The van der Waals surface area contributed by atoms with Gasteiger partial charge in [0.15, 0.2) is 0 Å². The van der Waals surface area contributed by atoms with Crippen LogP contribution in [0, 0.1) is 0 Å². The Morgan fingerprint density at radius 2 is 0.867 bits per heavy atom. The third-order valence-electron chi connectivity index (χ3n) is 11.4. The largest absolute Gasteiger partial charge is 0.310 e. The quantitative estimate of drug-likeness (QED) is 0.154. The molecule has 0 aliphatic carbocycles. The van der Waals surface area contributed by atoms with Crippen molar-refractivity contribution in [2.75, 3.05) is 4.90 Å². The minimum absolute atomic E-state index is 0.839. The fourth-order valence-electron chi connectivity index (χ4n) is 8.63. The molecule has 60 heavy (non-hydrogen) atoms. The summed E-state index contributed by atoms with van der Waals surface area (Å²) < 4.78 is 2.36. The Morgan fingerprint density at radius 3 is 1.62 bits per heavy atom. The van der Waals surface area contributed by atoms with E-state index in [-0.39, 0.29) is 0 Å². The zero-order valence-electron chi connectivity index (χ0n) is 32.7. The summed E-state index contributed by atoms with van der Waals surface area (Å²) in [6.07, 6.45) is 0. The molecule has 0 spiro atoms. The molecule has 11 rings (SSSR count). The molecule has 0 radical (unpaired) electrons. The van der Waals surface area contributed by atoms with Crippen LogP contribution in [-0.4, -0.2) is 14.5 Å². The number of benzene rings is 9. The minimum Gasteiger partial charge on any atom is -0.310 e. The smallest absolute Gasteiger partial charge is 0.0973 e. The Hall–Kier alpha value is -8.08. The zero-order valence-corrected chi connectivity index (χ0v) is 32.7. The van der Waals surface area contributed by atoms with E-state index in [1.165, 1.54) is 27.4 Å². The average molecular weight is 767 g/mol. The van der Waals surface area contributed by atoms with Crippen LogP contribution in [0.15, 0.2) is 231 Å². The van der Waals surface area contributed by atoms with E-state index in [1.807, 2.05) is 6.07 Å². The topological polar surface area (TPSA) is 34.0 Å². The first-order valence-corrected chi connectivity index (χ1v) is 20.3. The van der Waals surface area contributed by atoms with Gasteiger partial charge in [-0.25, -0.2) is 9.97 Å². The molecule has 0 fully saturated rings. The van der Waals surface area contributed by atoms with E-state index >= 15 is 0 Å². The van der Waals surface area contributed by atoms with Gasteiger partial charge in [-0.3, -0.25) is 0 Å².